The number of H-pyrrole nitrogens is 1. The maximum absolute atomic E-state index is 4.62. The number of aromatic amines is 1. The molecule has 0 radical (unpaired) electrons. The topological polar surface area (TPSA) is 73.4 Å². The highest BCUT2D eigenvalue weighted by molar-refractivity contribution is 5.85. The van der Waals surface area contributed by atoms with Crippen LogP contribution in [-0.4, -0.2) is 42.8 Å². The summed E-state index contributed by atoms with van der Waals surface area (Å²) < 4.78 is 3.97. The smallest absolute Gasteiger partial charge is 0.281 e. The van der Waals surface area contributed by atoms with Crippen molar-refractivity contribution in [3.05, 3.63) is 114 Å². The molecule has 5 heterocycles. The van der Waals surface area contributed by atoms with Crippen LogP contribution in [0.1, 0.15) is 22.4 Å². The van der Waals surface area contributed by atoms with Crippen LogP contribution in [-0.2, 0) is 5.41 Å². The first-order valence-electron chi connectivity index (χ1n) is 11.0. The summed E-state index contributed by atoms with van der Waals surface area (Å²) in [5, 5.41) is 7.57. The Hall–Kier alpha value is -4.74. The van der Waals surface area contributed by atoms with E-state index in [0.717, 1.165) is 50.7 Å². The summed E-state index contributed by atoms with van der Waals surface area (Å²) in [7, 11) is 1.98. The van der Waals surface area contributed by atoms with Crippen molar-refractivity contribution >= 4 is 23.2 Å². The van der Waals surface area contributed by atoms with Gasteiger partial charge in [0.2, 0.25) is 5.69 Å². The monoisotopic (exact) mass is 441 g/mol. The molecule has 0 spiro atoms. The lowest BCUT2D eigenvalue weighted by Crippen LogP contribution is -2.29. The van der Waals surface area contributed by atoms with Crippen LogP contribution in [0.4, 0.5) is 17.2 Å². The maximum atomic E-state index is 4.62. The minimum absolute atomic E-state index is 0.627. The molecule has 7 nitrogen and oxygen atoms in total. The number of benzene rings is 1. The third-order valence-corrected chi connectivity index (χ3v) is 6.77. The molecular formula is C27H19N7+2. The maximum Gasteiger partial charge on any atom is 0.497 e. The molecule has 0 unspecified atom stereocenters. The van der Waals surface area contributed by atoms with Crippen molar-refractivity contribution in [2.24, 2.45) is 0 Å². The van der Waals surface area contributed by atoms with Crippen LogP contribution in [0.5, 0.6) is 0 Å². The molecule has 34 heavy (non-hydrogen) atoms. The zero-order chi connectivity index (χ0) is 22.7. The second-order valence-corrected chi connectivity index (χ2v) is 8.45. The van der Waals surface area contributed by atoms with Crippen LogP contribution in [0.15, 0.2) is 91.8 Å². The molecule has 4 aromatic heterocycles. The van der Waals surface area contributed by atoms with Crippen molar-refractivity contribution in [2.45, 2.75) is 5.41 Å². The summed E-state index contributed by atoms with van der Waals surface area (Å²) in [6, 6.07) is 22.1. The number of hydrogen-bond donors (Lipinski definition) is 1. The molecular weight excluding hydrogens is 422 g/mol. The lowest BCUT2D eigenvalue weighted by molar-refractivity contribution is -0.394. The molecule has 0 bridgehead atoms. The van der Waals surface area contributed by atoms with Gasteiger partial charge in [0.1, 0.15) is 0 Å². The molecule has 0 amide bonds. The molecule has 5 aromatic rings. The van der Waals surface area contributed by atoms with E-state index in [-0.39, 0.29) is 0 Å². The number of hydrogen-bond acceptors (Lipinski definition) is 4. The molecule has 0 atom stereocenters. The third kappa shape index (κ3) is 2.36. The van der Waals surface area contributed by atoms with Crippen LogP contribution in [0.2, 0.25) is 0 Å². The Morgan fingerprint density at radius 1 is 0.853 bits per heavy atom. The predicted octanol–water partition coefficient (Wildman–Crippen LogP) is 4.25. The fourth-order valence-electron chi connectivity index (χ4n) is 5.35. The van der Waals surface area contributed by atoms with Crippen molar-refractivity contribution in [3.63, 3.8) is 0 Å². The summed E-state index contributed by atoms with van der Waals surface area (Å²) in [6.07, 6.45) is 11.2. The van der Waals surface area contributed by atoms with E-state index in [0.29, 0.717) is 0 Å². The van der Waals surface area contributed by atoms with E-state index in [1.54, 1.807) is 6.20 Å². The average molecular weight is 441 g/mol. The van der Waals surface area contributed by atoms with Gasteiger partial charge in [-0.2, -0.15) is 10.1 Å². The van der Waals surface area contributed by atoms with Crippen LogP contribution < -0.4 is 4.58 Å². The third-order valence-electron chi connectivity index (χ3n) is 6.77. The SMILES string of the molecule is C[N+]1=C=[N+](c2cccc(C3(c4ccn[nH]4)c4cnccc4-c4ccncc43)c2)c2ncccc21. The molecule has 160 valence electrons. The van der Waals surface area contributed by atoms with Crippen LogP contribution in [0, 0.1) is 0 Å². The fourth-order valence-corrected chi connectivity index (χ4v) is 5.35. The van der Waals surface area contributed by atoms with Gasteiger partial charge < -0.3 is 0 Å². The van der Waals surface area contributed by atoms with Crippen molar-refractivity contribution < 1.29 is 4.58 Å². The van der Waals surface area contributed by atoms with Gasteiger partial charge in [-0.15, -0.1) is 0 Å². The van der Waals surface area contributed by atoms with Crippen molar-refractivity contribution in [1.82, 2.24) is 29.7 Å². The zero-order valence-corrected chi connectivity index (χ0v) is 18.3. The van der Waals surface area contributed by atoms with Gasteiger partial charge in [0, 0.05) is 55.4 Å². The molecule has 1 aliphatic carbocycles. The van der Waals surface area contributed by atoms with Gasteiger partial charge in [-0.05, 0) is 56.7 Å². The molecule has 0 fully saturated rings. The Balaban J connectivity index is 1.54. The Labute approximate surface area is 195 Å². The van der Waals surface area contributed by atoms with Gasteiger partial charge in [0.25, 0.3) is 0 Å². The molecule has 0 saturated heterocycles. The highest BCUT2D eigenvalue weighted by Crippen LogP contribution is 2.55. The highest BCUT2D eigenvalue weighted by Gasteiger charge is 2.48. The van der Waals surface area contributed by atoms with E-state index >= 15 is 0 Å². The Bertz CT molecular complexity index is 1610. The minimum atomic E-state index is -0.627. The minimum Gasteiger partial charge on any atom is -0.281 e. The zero-order valence-electron chi connectivity index (χ0n) is 18.3. The summed E-state index contributed by atoms with van der Waals surface area (Å²) in [5.74, 6) is 0.855. The second kappa shape index (κ2) is 6.88. The number of fused-ring (bicyclic) bond motifs is 4. The molecule has 2 aliphatic rings. The molecule has 1 N–H and O–H groups in total. The van der Waals surface area contributed by atoms with Gasteiger partial charge in [0.05, 0.1) is 11.1 Å². The van der Waals surface area contributed by atoms with Crippen molar-refractivity contribution in [1.29, 1.82) is 0 Å². The normalized spacial score (nSPS) is 14.7. The van der Waals surface area contributed by atoms with E-state index in [4.69, 9.17) is 0 Å². The average Bonchev–Trinajstić information content (AvgIpc) is 3.61. The number of nitrogens with zero attached hydrogens (tertiary/aromatic N) is 6. The standard InChI is InChI=1S/C27H19N7/c1-33-17-34(26-24(33)6-3-10-30-26)19-5-2-4-18(14-19)27(25-9-13-31-32-25)22-15-28-11-7-20(22)21-8-12-29-16-23(21)27/h2-16H,1H3,(H,31,32)/q+2. The van der Waals surface area contributed by atoms with Gasteiger partial charge >= 0.3 is 17.5 Å². The van der Waals surface area contributed by atoms with Gasteiger partial charge in [-0.25, -0.2) is 0 Å². The molecule has 7 rings (SSSR count). The van der Waals surface area contributed by atoms with Crippen molar-refractivity contribution in [2.75, 3.05) is 7.05 Å². The summed E-state index contributed by atoms with van der Waals surface area (Å²) in [4.78, 5) is 13.7. The number of nitrogens with one attached hydrogen (secondary N) is 1. The van der Waals surface area contributed by atoms with Gasteiger partial charge in [-0.1, -0.05) is 16.7 Å². The van der Waals surface area contributed by atoms with E-state index in [2.05, 4.69) is 67.6 Å². The van der Waals surface area contributed by atoms with Gasteiger partial charge in [0.15, 0.2) is 7.05 Å². The summed E-state index contributed by atoms with van der Waals surface area (Å²) in [6.45, 7) is 0. The first kappa shape index (κ1) is 18.8. The fraction of sp³-hybridized carbons (Fsp3) is 0.0741. The molecule has 1 aliphatic heterocycles. The summed E-state index contributed by atoms with van der Waals surface area (Å²) >= 11 is 0. The molecule has 1 aromatic carbocycles. The van der Waals surface area contributed by atoms with Gasteiger partial charge in [-0.3, -0.25) is 15.1 Å². The number of rotatable bonds is 3. The molecule has 7 heteroatoms. The Kier molecular flexibility index (Phi) is 3.80. The lowest BCUT2D eigenvalue weighted by atomic mass is 9.71. The first-order valence-corrected chi connectivity index (χ1v) is 11.0. The predicted molar refractivity (Wildman–Crippen MR) is 128 cm³/mol. The van der Waals surface area contributed by atoms with Crippen LogP contribution in [0.3, 0.4) is 0 Å². The van der Waals surface area contributed by atoms with E-state index in [1.807, 2.05) is 65.4 Å². The second-order valence-electron chi connectivity index (χ2n) is 8.45. The van der Waals surface area contributed by atoms with Crippen LogP contribution >= 0.6 is 0 Å². The quantitative estimate of drug-likeness (QED) is 0.417. The van der Waals surface area contributed by atoms with Crippen molar-refractivity contribution in [3.8, 4) is 11.1 Å². The number of pyridine rings is 3. The van der Waals surface area contributed by atoms with E-state index in [1.165, 1.54) is 0 Å². The van der Waals surface area contributed by atoms with Crippen LogP contribution in [0.25, 0.3) is 11.1 Å². The Morgan fingerprint density at radius 2 is 1.65 bits per heavy atom. The lowest BCUT2D eigenvalue weighted by Gasteiger charge is -2.31. The van der Waals surface area contributed by atoms with E-state index < -0.39 is 5.41 Å². The molecule has 0 saturated carbocycles. The summed E-state index contributed by atoms with van der Waals surface area (Å²) in [5.41, 5.74) is 7.92. The highest BCUT2D eigenvalue weighted by atomic mass is 15.2. The Morgan fingerprint density at radius 3 is 2.38 bits per heavy atom. The largest absolute Gasteiger partial charge is 0.497 e. The van der Waals surface area contributed by atoms with E-state index in [9.17, 15) is 0 Å². The first-order chi connectivity index (χ1) is 16.8. The number of aromatic nitrogens is 5.